The van der Waals surface area contributed by atoms with E-state index in [1.165, 1.54) is 42.5 Å². The summed E-state index contributed by atoms with van der Waals surface area (Å²) in [5.74, 6) is -1.59. The first-order chi connectivity index (χ1) is 12.0. The first kappa shape index (κ1) is 18.3. The SMILES string of the molecule is Cc1ccc(C(=O)NCCNC(=O)/C=C/c2cccc(F)c2)cc1F. The van der Waals surface area contributed by atoms with E-state index in [-0.39, 0.29) is 30.4 Å². The third kappa shape index (κ3) is 5.84. The van der Waals surface area contributed by atoms with E-state index in [4.69, 9.17) is 0 Å². The summed E-state index contributed by atoms with van der Waals surface area (Å²) in [6.07, 6.45) is 2.78. The van der Waals surface area contributed by atoms with E-state index in [1.54, 1.807) is 19.1 Å². The van der Waals surface area contributed by atoms with Crippen LogP contribution in [0.4, 0.5) is 8.78 Å². The molecule has 0 radical (unpaired) electrons. The molecule has 0 unspecified atom stereocenters. The van der Waals surface area contributed by atoms with Crippen molar-refractivity contribution >= 4 is 17.9 Å². The summed E-state index contributed by atoms with van der Waals surface area (Å²) in [6.45, 7) is 2.03. The molecule has 0 bridgehead atoms. The Kier molecular flexibility index (Phi) is 6.39. The number of rotatable bonds is 6. The molecule has 2 aromatic carbocycles. The summed E-state index contributed by atoms with van der Waals surface area (Å²) in [5.41, 5.74) is 1.26. The van der Waals surface area contributed by atoms with Gasteiger partial charge in [0.1, 0.15) is 11.6 Å². The summed E-state index contributed by atoms with van der Waals surface area (Å²) in [6, 6.07) is 10.1. The highest BCUT2D eigenvalue weighted by molar-refractivity contribution is 5.94. The molecule has 2 amide bonds. The van der Waals surface area contributed by atoms with Gasteiger partial charge in [-0.1, -0.05) is 18.2 Å². The molecule has 0 saturated heterocycles. The number of carbonyl (C=O) groups is 2. The van der Waals surface area contributed by atoms with Crippen LogP contribution in [0.1, 0.15) is 21.5 Å². The molecule has 0 aromatic heterocycles. The lowest BCUT2D eigenvalue weighted by atomic mass is 10.1. The van der Waals surface area contributed by atoms with Gasteiger partial charge in [0.15, 0.2) is 0 Å². The van der Waals surface area contributed by atoms with Crippen molar-refractivity contribution in [3.8, 4) is 0 Å². The number of amides is 2. The van der Waals surface area contributed by atoms with Gasteiger partial charge in [-0.25, -0.2) is 8.78 Å². The van der Waals surface area contributed by atoms with Gasteiger partial charge in [-0.2, -0.15) is 0 Å². The van der Waals surface area contributed by atoms with E-state index < -0.39 is 11.7 Å². The van der Waals surface area contributed by atoms with Crippen LogP contribution in [0.5, 0.6) is 0 Å². The topological polar surface area (TPSA) is 58.2 Å². The molecule has 0 aliphatic heterocycles. The van der Waals surface area contributed by atoms with Gasteiger partial charge >= 0.3 is 0 Å². The van der Waals surface area contributed by atoms with Crippen LogP contribution in [0.2, 0.25) is 0 Å². The molecule has 0 heterocycles. The molecule has 0 spiro atoms. The zero-order valence-electron chi connectivity index (χ0n) is 13.7. The Labute approximate surface area is 144 Å². The van der Waals surface area contributed by atoms with Crippen molar-refractivity contribution in [3.63, 3.8) is 0 Å². The van der Waals surface area contributed by atoms with Crippen LogP contribution in [0, 0.1) is 18.6 Å². The highest BCUT2D eigenvalue weighted by atomic mass is 19.1. The van der Waals surface area contributed by atoms with Crippen LogP contribution in [-0.2, 0) is 4.79 Å². The Morgan fingerprint density at radius 1 is 1.04 bits per heavy atom. The van der Waals surface area contributed by atoms with E-state index in [0.717, 1.165) is 0 Å². The Bertz CT molecular complexity index is 804. The van der Waals surface area contributed by atoms with Crippen LogP contribution in [0.15, 0.2) is 48.5 Å². The lowest BCUT2D eigenvalue weighted by Gasteiger charge is -2.06. The Morgan fingerprint density at radius 2 is 1.80 bits per heavy atom. The van der Waals surface area contributed by atoms with Crippen molar-refractivity contribution in [2.75, 3.05) is 13.1 Å². The average Bonchev–Trinajstić information content (AvgIpc) is 2.59. The predicted octanol–water partition coefficient (Wildman–Crippen LogP) is 2.83. The predicted molar refractivity (Wildman–Crippen MR) is 91.9 cm³/mol. The maximum atomic E-state index is 13.4. The molecule has 0 saturated carbocycles. The van der Waals surface area contributed by atoms with Crippen LogP contribution in [0.3, 0.4) is 0 Å². The maximum Gasteiger partial charge on any atom is 0.251 e. The monoisotopic (exact) mass is 344 g/mol. The van der Waals surface area contributed by atoms with E-state index in [0.29, 0.717) is 11.1 Å². The van der Waals surface area contributed by atoms with Gasteiger partial charge in [-0.3, -0.25) is 9.59 Å². The van der Waals surface area contributed by atoms with Crippen molar-refractivity contribution in [2.24, 2.45) is 0 Å². The second-order valence-electron chi connectivity index (χ2n) is 5.40. The molecule has 2 aromatic rings. The third-order valence-corrected chi connectivity index (χ3v) is 3.42. The van der Waals surface area contributed by atoms with Crippen LogP contribution < -0.4 is 10.6 Å². The fourth-order valence-electron chi connectivity index (χ4n) is 2.04. The van der Waals surface area contributed by atoms with Gasteiger partial charge in [-0.15, -0.1) is 0 Å². The van der Waals surface area contributed by atoms with E-state index in [9.17, 15) is 18.4 Å². The number of hydrogen-bond acceptors (Lipinski definition) is 2. The molecule has 0 atom stereocenters. The lowest BCUT2D eigenvalue weighted by molar-refractivity contribution is -0.116. The minimum Gasteiger partial charge on any atom is -0.351 e. The molecule has 4 nitrogen and oxygen atoms in total. The molecule has 0 aliphatic carbocycles. The number of carbonyl (C=O) groups excluding carboxylic acids is 2. The second kappa shape index (κ2) is 8.73. The number of benzene rings is 2. The second-order valence-corrected chi connectivity index (χ2v) is 5.40. The number of aryl methyl sites for hydroxylation is 1. The third-order valence-electron chi connectivity index (χ3n) is 3.42. The van der Waals surface area contributed by atoms with E-state index in [1.807, 2.05) is 0 Å². The number of halogens is 2. The van der Waals surface area contributed by atoms with Crippen molar-refractivity contribution < 1.29 is 18.4 Å². The summed E-state index contributed by atoms with van der Waals surface area (Å²) in [4.78, 5) is 23.5. The van der Waals surface area contributed by atoms with Crippen molar-refractivity contribution in [2.45, 2.75) is 6.92 Å². The van der Waals surface area contributed by atoms with Gasteiger partial charge in [0, 0.05) is 24.7 Å². The molecule has 2 rings (SSSR count). The van der Waals surface area contributed by atoms with Crippen molar-refractivity contribution in [3.05, 3.63) is 76.9 Å². The van der Waals surface area contributed by atoms with Crippen LogP contribution >= 0.6 is 0 Å². The smallest absolute Gasteiger partial charge is 0.251 e. The minimum absolute atomic E-state index is 0.202. The molecule has 6 heteroatoms. The standard InChI is InChI=1S/C19H18F2N2O2/c1-13-5-7-15(12-17(13)21)19(25)23-10-9-22-18(24)8-6-14-3-2-4-16(20)11-14/h2-8,11-12H,9-10H2,1H3,(H,22,24)(H,23,25)/b8-6+. The summed E-state index contributed by atoms with van der Waals surface area (Å²) >= 11 is 0. The minimum atomic E-state index is -0.441. The molecule has 2 N–H and O–H groups in total. The van der Waals surface area contributed by atoms with Gasteiger partial charge in [0.25, 0.3) is 5.91 Å². The number of nitrogens with one attached hydrogen (secondary N) is 2. The van der Waals surface area contributed by atoms with Gasteiger partial charge in [0.2, 0.25) is 5.91 Å². The largest absolute Gasteiger partial charge is 0.351 e. The lowest BCUT2D eigenvalue weighted by Crippen LogP contribution is -2.34. The summed E-state index contributed by atoms with van der Waals surface area (Å²) < 4.78 is 26.4. The molecule has 0 aliphatic rings. The normalized spacial score (nSPS) is 10.7. The van der Waals surface area contributed by atoms with Gasteiger partial charge in [0.05, 0.1) is 0 Å². The van der Waals surface area contributed by atoms with Gasteiger partial charge < -0.3 is 10.6 Å². The first-order valence-corrected chi connectivity index (χ1v) is 7.71. The molecular weight excluding hydrogens is 326 g/mol. The quantitative estimate of drug-likeness (QED) is 0.625. The zero-order chi connectivity index (χ0) is 18.2. The molecule has 25 heavy (non-hydrogen) atoms. The summed E-state index contributed by atoms with van der Waals surface area (Å²) in [7, 11) is 0. The highest BCUT2D eigenvalue weighted by Gasteiger charge is 2.07. The van der Waals surface area contributed by atoms with Crippen LogP contribution in [0.25, 0.3) is 6.08 Å². The fraction of sp³-hybridized carbons (Fsp3) is 0.158. The van der Waals surface area contributed by atoms with E-state index in [2.05, 4.69) is 10.6 Å². The summed E-state index contributed by atoms with van der Waals surface area (Å²) in [5, 5.41) is 5.17. The average molecular weight is 344 g/mol. The van der Waals surface area contributed by atoms with E-state index >= 15 is 0 Å². The molecular formula is C19H18F2N2O2. The highest BCUT2D eigenvalue weighted by Crippen LogP contribution is 2.09. The fourth-order valence-corrected chi connectivity index (χ4v) is 2.04. The molecule has 0 fully saturated rings. The van der Waals surface area contributed by atoms with Crippen molar-refractivity contribution in [1.29, 1.82) is 0 Å². The number of hydrogen-bond donors (Lipinski definition) is 2. The van der Waals surface area contributed by atoms with Crippen LogP contribution in [-0.4, -0.2) is 24.9 Å². The maximum absolute atomic E-state index is 13.4. The zero-order valence-corrected chi connectivity index (χ0v) is 13.7. The van der Waals surface area contributed by atoms with Crippen molar-refractivity contribution in [1.82, 2.24) is 10.6 Å². The Morgan fingerprint density at radius 3 is 2.52 bits per heavy atom. The first-order valence-electron chi connectivity index (χ1n) is 7.71. The Hall–Kier alpha value is -3.02. The molecule has 130 valence electrons. The Balaban J connectivity index is 1.74. The van der Waals surface area contributed by atoms with Gasteiger partial charge in [-0.05, 0) is 48.4 Å².